The Balaban J connectivity index is 1.92. The molecule has 1 amide bonds. The van der Waals surface area contributed by atoms with Crippen molar-refractivity contribution in [2.75, 3.05) is 5.32 Å². The number of rotatable bonds is 3. The topological polar surface area (TPSA) is 29.1 Å². The second-order valence-electron chi connectivity index (χ2n) is 4.92. The van der Waals surface area contributed by atoms with E-state index in [0.29, 0.717) is 18.0 Å². The van der Waals surface area contributed by atoms with Crippen molar-refractivity contribution in [2.45, 2.75) is 39.0 Å². The lowest BCUT2D eigenvalue weighted by Gasteiger charge is -2.10. The van der Waals surface area contributed by atoms with Crippen LogP contribution in [0.15, 0.2) is 18.2 Å². The summed E-state index contributed by atoms with van der Waals surface area (Å²) in [5.74, 6) is 0.215. The molecule has 0 radical (unpaired) electrons. The highest BCUT2D eigenvalue weighted by atomic mass is 19.1. The summed E-state index contributed by atoms with van der Waals surface area (Å²) in [6, 6.07) is 4.60. The third-order valence-electron chi connectivity index (χ3n) is 3.27. The van der Waals surface area contributed by atoms with E-state index in [1.165, 1.54) is 25.0 Å². The third kappa shape index (κ3) is 3.55. The van der Waals surface area contributed by atoms with Crippen LogP contribution in [0.5, 0.6) is 0 Å². The van der Waals surface area contributed by atoms with Crippen molar-refractivity contribution in [3.8, 4) is 0 Å². The lowest BCUT2D eigenvalue weighted by Crippen LogP contribution is -2.15. The minimum absolute atomic E-state index is 0.00176. The summed E-state index contributed by atoms with van der Waals surface area (Å²) < 4.78 is 13.1. The van der Waals surface area contributed by atoms with Gasteiger partial charge in [0.2, 0.25) is 5.91 Å². The van der Waals surface area contributed by atoms with Gasteiger partial charge in [-0.2, -0.15) is 0 Å². The Morgan fingerprint density at radius 2 is 2.06 bits per heavy atom. The Bertz CT molecular complexity index is 390. The van der Waals surface area contributed by atoms with Gasteiger partial charge in [-0.1, -0.05) is 12.8 Å². The highest BCUT2D eigenvalue weighted by molar-refractivity contribution is 5.90. The van der Waals surface area contributed by atoms with Crippen molar-refractivity contribution in [3.63, 3.8) is 0 Å². The normalized spacial score (nSPS) is 16.1. The van der Waals surface area contributed by atoms with Crippen molar-refractivity contribution in [2.24, 2.45) is 5.92 Å². The molecular formula is C14H18FNO. The summed E-state index contributed by atoms with van der Waals surface area (Å²) >= 11 is 0. The zero-order valence-corrected chi connectivity index (χ0v) is 10.1. The van der Waals surface area contributed by atoms with Gasteiger partial charge in [0.1, 0.15) is 5.82 Å². The van der Waals surface area contributed by atoms with Crippen molar-refractivity contribution in [1.29, 1.82) is 0 Å². The lowest BCUT2D eigenvalue weighted by molar-refractivity contribution is -0.117. The molecule has 0 heterocycles. The fourth-order valence-corrected chi connectivity index (χ4v) is 2.50. The molecule has 1 aromatic rings. The summed E-state index contributed by atoms with van der Waals surface area (Å²) in [6.45, 7) is 1.82. The summed E-state index contributed by atoms with van der Waals surface area (Å²) in [7, 11) is 0. The van der Waals surface area contributed by atoms with Gasteiger partial charge in [0.25, 0.3) is 0 Å². The third-order valence-corrected chi connectivity index (χ3v) is 3.27. The van der Waals surface area contributed by atoms with Gasteiger partial charge in [0.15, 0.2) is 0 Å². The van der Waals surface area contributed by atoms with Crippen LogP contribution in [0.2, 0.25) is 0 Å². The maximum atomic E-state index is 13.1. The molecule has 1 aromatic carbocycles. The molecule has 0 atom stereocenters. The minimum atomic E-state index is -0.304. The van der Waals surface area contributed by atoms with E-state index in [4.69, 9.17) is 0 Å². The molecule has 1 fully saturated rings. The van der Waals surface area contributed by atoms with Gasteiger partial charge in [0.05, 0.1) is 0 Å². The maximum absolute atomic E-state index is 13.1. The average Bonchev–Trinajstić information content (AvgIpc) is 2.67. The molecule has 2 nitrogen and oxygen atoms in total. The molecule has 3 heteroatoms. The Morgan fingerprint density at radius 1 is 1.35 bits per heavy atom. The second-order valence-corrected chi connectivity index (χ2v) is 4.92. The quantitative estimate of drug-likeness (QED) is 0.851. The Labute approximate surface area is 101 Å². The van der Waals surface area contributed by atoms with Crippen LogP contribution in [-0.2, 0) is 4.79 Å². The van der Waals surface area contributed by atoms with Crippen LogP contribution in [0.4, 0.5) is 10.1 Å². The summed E-state index contributed by atoms with van der Waals surface area (Å²) in [4.78, 5) is 11.8. The first-order valence-electron chi connectivity index (χ1n) is 6.20. The predicted molar refractivity (Wildman–Crippen MR) is 66.3 cm³/mol. The van der Waals surface area contributed by atoms with Crippen LogP contribution in [0.1, 0.15) is 37.7 Å². The Hall–Kier alpha value is -1.38. The molecule has 0 unspecified atom stereocenters. The molecule has 92 valence electrons. The number of benzene rings is 1. The summed E-state index contributed by atoms with van der Waals surface area (Å²) in [5.41, 5.74) is 1.38. The van der Waals surface area contributed by atoms with E-state index < -0.39 is 0 Å². The molecule has 0 aliphatic heterocycles. The number of anilines is 1. The van der Waals surface area contributed by atoms with Crippen molar-refractivity contribution in [3.05, 3.63) is 29.6 Å². The van der Waals surface area contributed by atoms with Crippen LogP contribution in [0.25, 0.3) is 0 Å². The average molecular weight is 235 g/mol. The number of carbonyl (C=O) groups is 1. The van der Waals surface area contributed by atoms with E-state index in [0.717, 1.165) is 18.4 Å². The SMILES string of the molecule is Cc1cc(F)cc(NC(=O)CC2CCCC2)c1. The van der Waals surface area contributed by atoms with E-state index in [-0.39, 0.29) is 11.7 Å². The number of amides is 1. The molecule has 1 aliphatic rings. The van der Waals surface area contributed by atoms with E-state index >= 15 is 0 Å². The number of nitrogens with one attached hydrogen (secondary N) is 1. The van der Waals surface area contributed by atoms with Crippen LogP contribution < -0.4 is 5.32 Å². The molecule has 0 saturated heterocycles. The van der Waals surface area contributed by atoms with Gasteiger partial charge >= 0.3 is 0 Å². The minimum Gasteiger partial charge on any atom is -0.326 e. The zero-order chi connectivity index (χ0) is 12.3. The van der Waals surface area contributed by atoms with Gasteiger partial charge in [-0.3, -0.25) is 4.79 Å². The molecular weight excluding hydrogens is 217 g/mol. The van der Waals surface area contributed by atoms with Crippen LogP contribution in [0.3, 0.4) is 0 Å². The zero-order valence-electron chi connectivity index (χ0n) is 10.1. The molecule has 1 saturated carbocycles. The van der Waals surface area contributed by atoms with Crippen molar-refractivity contribution >= 4 is 11.6 Å². The van der Waals surface area contributed by atoms with E-state index in [2.05, 4.69) is 5.32 Å². The van der Waals surface area contributed by atoms with Crippen molar-refractivity contribution in [1.82, 2.24) is 0 Å². The van der Waals surface area contributed by atoms with E-state index in [1.54, 1.807) is 6.07 Å². The largest absolute Gasteiger partial charge is 0.326 e. The molecule has 1 N–H and O–H groups in total. The fraction of sp³-hybridized carbons (Fsp3) is 0.500. The predicted octanol–water partition coefficient (Wildman–Crippen LogP) is 3.65. The fourth-order valence-electron chi connectivity index (χ4n) is 2.50. The molecule has 0 spiro atoms. The van der Waals surface area contributed by atoms with Crippen molar-refractivity contribution < 1.29 is 9.18 Å². The first-order chi connectivity index (χ1) is 8.13. The molecule has 0 bridgehead atoms. The van der Waals surface area contributed by atoms with Gasteiger partial charge in [-0.25, -0.2) is 4.39 Å². The second kappa shape index (κ2) is 5.30. The lowest BCUT2D eigenvalue weighted by atomic mass is 10.0. The van der Waals surface area contributed by atoms with Crippen LogP contribution in [0, 0.1) is 18.7 Å². The Morgan fingerprint density at radius 3 is 2.71 bits per heavy atom. The van der Waals surface area contributed by atoms with Gasteiger partial charge in [-0.05, 0) is 49.4 Å². The number of carbonyl (C=O) groups excluding carboxylic acids is 1. The van der Waals surface area contributed by atoms with Gasteiger partial charge in [0, 0.05) is 12.1 Å². The highest BCUT2D eigenvalue weighted by Gasteiger charge is 2.18. The van der Waals surface area contributed by atoms with Crippen LogP contribution in [-0.4, -0.2) is 5.91 Å². The molecule has 2 rings (SSSR count). The first-order valence-corrected chi connectivity index (χ1v) is 6.20. The summed E-state index contributed by atoms with van der Waals surface area (Å²) in [6.07, 6.45) is 5.33. The highest BCUT2D eigenvalue weighted by Crippen LogP contribution is 2.27. The standard InChI is InChI=1S/C14H18FNO/c1-10-6-12(15)9-13(7-10)16-14(17)8-11-4-2-3-5-11/h6-7,9,11H,2-5,8H2,1H3,(H,16,17). The van der Waals surface area contributed by atoms with Gasteiger partial charge in [-0.15, -0.1) is 0 Å². The first kappa shape index (κ1) is 12.1. The van der Waals surface area contributed by atoms with E-state index in [9.17, 15) is 9.18 Å². The number of halogens is 1. The summed E-state index contributed by atoms with van der Waals surface area (Å²) in [5, 5.41) is 2.77. The molecule has 17 heavy (non-hydrogen) atoms. The monoisotopic (exact) mass is 235 g/mol. The maximum Gasteiger partial charge on any atom is 0.224 e. The smallest absolute Gasteiger partial charge is 0.224 e. The molecule has 0 aromatic heterocycles. The van der Waals surface area contributed by atoms with Crippen LogP contribution >= 0.6 is 0 Å². The van der Waals surface area contributed by atoms with Gasteiger partial charge < -0.3 is 5.32 Å². The molecule has 1 aliphatic carbocycles. The number of hydrogen-bond donors (Lipinski definition) is 1. The Kier molecular flexibility index (Phi) is 3.77. The van der Waals surface area contributed by atoms with E-state index in [1.807, 2.05) is 6.92 Å². The number of hydrogen-bond acceptors (Lipinski definition) is 1. The number of aryl methyl sites for hydroxylation is 1.